The lowest BCUT2D eigenvalue weighted by Gasteiger charge is -2.16. The maximum Gasteiger partial charge on any atom is 0.258 e. The van der Waals surface area contributed by atoms with Crippen LogP contribution in [0.1, 0.15) is 25.5 Å². The second-order valence-electron chi connectivity index (χ2n) is 5.00. The van der Waals surface area contributed by atoms with Crippen molar-refractivity contribution in [1.29, 1.82) is 0 Å². The third-order valence-corrected chi connectivity index (χ3v) is 3.60. The Morgan fingerprint density at radius 2 is 1.70 bits per heavy atom. The quantitative estimate of drug-likeness (QED) is 0.833. The zero-order chi connectivity index (χ0) is 16.7. The van der Waals surface area contributed by atoms with Crippen LogP contribution in [0, 0.1) is 0 Å². The molecule has 0 fully saturated rings. The Morgan fingerprint density at radius 1 is 1.09 bits per heavy atom. The smallest absolute Gasteiger partial charge is 0.258 e. The molecule has 1 atom stereocenters. The minimum atomic E-state index is -0.202. The minimum Gasteiger partial charge on any atom is -0.494 e. The molecule has 2 rings (SSSR count). The molecule has 0 aliphatic heterocycles. The minimum absolute atomic E-state index is 0.0528. The molecule has 122 valence electrons. The zero-order valence-electron chi connectivity index (χ0n) is 13.2. The average molecular weight is 334 g/mol. The van der Waals surface area contributed by atoms with Crippen molar-refractivity contribution in [1.82, 2.24) is 5.32 Å². The number of amides is 1. The second-order valence-corrected chi connectivity index (χ2v) is 5.41. The van der Waals surface area contributed by atoms with Gasteiger partial charge in [-0.3, -0.25) is 4.79 Å². The number of carbonyl (C=O) groups excluding carboxylic acids is 1. The van der Waals surface area contributed by atoms with E-state index in [1.807, 2.05) is 44.2 Å². The zero-order valence-corrected chi connectivity index (χ0v) is 14.0. The Hall–Kier alpha value is -2.20. The Balaban J connectivity index is 1.84. The van der Waals surface area contributed by atoms with E-state index >= 15 is 0 Å². The molecule has 0 aromatic heterocycles. The Morgan fingerprint density at radius 3 is 2.30 bits per heavy atom. The van der Waals surface area contributed by atoms with Crippen molar-refractivity contribution in [2.75, 3.05) is 13.2 Å². The molecule has 0 saturated heterocycles. The summed E-state index contributed by atoms with van der Waals surface area (Å²) in [5, 5.41) is 3.50. The molecule has 1 N–H and O–H groups in total. The molecule has 0 unspecified atom stereocenters. The van der Waals surface area contributed by atoms with Gasteiger partial charge in [-0.05, 0) is 49.7 Å². The summed E-state index contributed by atoms with van der Waals surface area (Å²) >= 11 is 6.12. The molecular formula is C18H20ClNO3. The van der Waals surface area contributed by atoms with Crippen molar-refractivity contribution in [2.24, 2.45) is 0 Å². The molecule has 0 heterocycles. The summed E-state index contributed by atoms with van der Waals surface area (Å²) < 4.78 is 10.8. The molecule has 0 saturated carbocycles. The highest BCUT2D eigenvalue weighted by Gasteiger charge is 2.12. The fraction of sp³-hybridized carbons (Fsp3) is 0.278. The van der Waals surface area contributed by atoms with Crippen molar-refractivity contribution in [3.05, 3.63) is 59.1 Å². The highest BCUT2D eigenvalue weighted by atomic mass is 35.5. The third-order valence-electron chi connectivity index (χ3n) is 3.25. The van der Waals surface area contributed by atoms with E-state index in [2.05, 4.69) is 5.32 Å². The largest absolute Gasteiger partial charge is 0.494 e. The number of benzene rings is 2. The van der Waals surface area contributed by atoms with Gasteiger partial charge in [0.25, 0.3) is 5.91 Å². The van der Waals surface area contributed by atoms with Gasteiger partial charge in [0.15, 0.2) is 6.61 Å². The van der Waals surface area contributed by atoms with Gasteiger partial charge in [0.2, 0.25) is 0 Å². The van der Waals surface area contributed by atoms with Gasteiger partial charge in [0.05, 0.1) is 12.6 Å². The highest BCUT2D eigenvalue weighted by Crippen LogP contribution is 2.22. The number of carbonyl (C=O) groups is 1. The fourth-order valence-corrected chi connectivity index (χ4v) is 2.43. The Labute approximate surface area is 141 Å². The van der Waals surface area contributed by atoms with Crippen LogP contribution in [-0.4, -0.2) is 19.1 Å². The summed E-state index contributed by atoms with van der Waals surface area (Å²) in [6.07, 6.45) is 0. The predicted molar refractivity (Wildman–Crippen MR) is 91.1 cm³/mol. The first-order valence-corrected chi connectivity index (χ1v) is 7.87. The van der Waals surface area contributed by atoms with Gasteiger partial charge in [-0.2, -0.15) is 0 Å². The summed E-state index contributed by atoms with van der Waals surface area (Å²) in [4.78, 5) is 12.0. The van der Waals surface area contributed by atoms with Crippen LogP contribution in [-0.2, 0) is 4.79 Å². The maximum atomic E-state index is 12.0. The summed E-state index contributed by atoms with van der Waals surface area (Å²) in [6.45, 7) is 4.37. The van der Waals surface area contributed by atoms with Crippen LogP contribution in [0.4, 0.5) is 0 Å². The van der Waals surface area contributed by atoms with Gasteiger partial charge in [0, 0.05) is 5.02 Å². The van der Waals surface area contributed by atoms with Crippen molar-refractivity contribution in [2.45, 2.75) is 19.9 Å². The lowest BCUT2D eigenvalue weighted by Crippen LogP contribution is -2.31. The molecule has 4 nitrogen and oxygen atoms in total. The number of nitrogens with one attached hydrogen (secondary N) is 1. The Kier molecular flexibility index (Phi) is 6.29. The first-order valence-electron chi connectivity index (χ1n) is 7.49. The van der Waals surface area contributed by atoms with Gasteiger partial charge >= 0.3 is 0 Å². The van der Waals surface area contributed by atoms with E-state index in [1.54, 1.807) is 18.2 Å². The van der Waals surface area contributed by atoms with Gasteiger partial charge < -0.3 is 14.8 Å². The first-order chi connectivity index (χ1) is 11.1. The van der Waals surface area contributed by atoms with Gasteiger partial charge in [0.1, 0.15) is 11.5 Å². The van der Waals surface area contributed by atoms with Crippen LogP contribution >= 0.6 is 11.6 Å². The van der Waals surface area contributed by atoms with Crippen molar-refractivity contribution in [3.8, 4) is 11.5 Å². The van der Waals surface area contributed by atoms with E-state index < -0.39 is 0 Å². The molecule has 0 bridgehead atoms. The van der Waals surface area contributed by atoms with Gasteiger partial charge in [-0.15, -0.1) is 0 Å². The van der Waals surface area contributed by atoms with E-state index in [0.717, 1.165) is 11.3 Å². The lowest BCUT2D eigenvalue weighted by atomic mass is 10.1. The van der Waals surface area contributed by atoms with Gasteiger partial charge in [-0.25, -0.2) is 0 Å². The maximum absolute atomic E-state index is 12.0. The first kappa shape index (κ1) is 17.2. The van der Waals surface area contributed by atoms with Gasteiger partial charge in [-0.1, -0.05) is 29.8 Å². The molecule has 2 aromatic carbocycles. The van der Waals surface area contributed by atoms with E-state index in [-0.39, 0.29) is 18.6 Å². The number of hydrogen-bond donors (Lipinski definition) is 1. The SMILES string of the molecule is CCOc1ccc(OCC(=O)N[C@H](C)c2ccccc2Cl)cc1. The predicted octanol–water partition coefficient (Wildman–Crippen LogP) is 3.99. The van der Waals surface area contributed by atoms with Crippen LogP contribution < -0.4 is 14.8 Å². The van der Waals surface area contributed by atoms with Crippen molar-refractivity contribution in [3.63, 3.8) is 0 Å². The number of hydrogen-bond acceptors (Lipinski definition) is 3. The molecule has 1 amide bonds. The van der Waals surface area contributed by atoms with Crippen molar-refractivity contribution >= 4 is 17.5 Å². The van der Waals surface area contributed by atoms with Crippen LogP contribution in [0.5, 0.6) is 11.5 Å². The van der Waals surface area contributed by atoms with Crippen LogP contribution in [0.2, 0.25) is 5.02 Å². The number of rotatable bonds is 7. The molecule has 5 heteroatoms. The molecular weight excluding hydrogens is 314 g/mol. The normalized spacial score (nSPS) is 11.6. The second kappa shape index (κ2) is 8.44. The number of halogens is 1. The Bertz CT molecular complexity index is 643. The van der Waals surface area contributed by atoms with Crippen LogP contribution in [0.25, 0.3) is 0 Å². The lowest BCUT2D eigenvalue weighted by molar-refractivity contribution is -0.123. The van der Waals surface area contributed by atoms with E-state index in [4.69, 9.17) is 21.1 Å². The monoisotopic (exact) mass is 333 g/mol. The van der Waals surface area contributed by atoms with Crippen LogP contribution in [0.15, 0.2) is 48.5 Å². The molecule has 0 aliphatic rings. The number of ether oxygens (including phenoxy) is 2. The molecule has 0 aliphatic carbocycles. The molecule has 0 spiro atoms. The summed E-state index contributed by atoms with van der Waals surface area (Å²) in [6, 6.07) is 14.4. The average Bonchev–Trinajstić information content (AvgIpc) is 2.55. The van der Waals surface area contributed by atoms with E-state index in [1.165, 1.54) is 0 Å². The summed E-state index contributed by atoms with van der Waals surface area (Å²) in [5.74, 6) is 1.19. The topological polar surface area (TPSA) is 47.6 Å². The van der Waals surface area contributed by atoms with Crippen molar-refractivity contribution < 1.29 is 14.3 Å². The third kappa shape index (κ3) is 5.18. The van der Waals surface area contributed by atoms with E-state index in [9.17, 15) is 4.79 Å². The molecule has 23 heavy (non-hydrogen) atoms. The molecule has 0 radical (unpaired) electrons. The fourth-order valence-electron chi connectivity index (χ4n) is 2.13. The van der Waals surface area contributed by atoms with Crippen LogP contribution in [0.3, 0.4) is 0 Å². The summed E-state index contributed by atoms with van der Waals surface area (Å²) in [7, 11) is 0. The standard InChI is InChI=1S/C18H20ClNO3/c1-3-22-14-8-10-15(11-9-14)23-12-18(21)20-13(2)16-6-4-5-7-17(16)19/h4-11,13H,3,12H2,1-2H3,(H,20,21)/t13-/m1/s1. The van der Waals surface area contributed by atoms with E-state index in [0.29, 0.717) is 17.4 Å². The highest BCUT2D eigenvalue weighted by molar-refractivity contribution is 6.31. The summed E-state index contributed by atoms with van der Waals surface area (Å²) in [5.41, 5.74) is 0.878. The molecule has 2 aromatic rings.